The minimum Gasteiger partial charge on any atom is -0.493 e. The zero-order valence-electron chi connectivity index (χ0n) is 10.5. The van der Waals surface area contributed by atoms with Crippen molar-refractivity contribution in [2.75, 3.05) is 18.1 Å². The normalized spacial score (nSPS) is 12.7. The van der Waals surface area contributed by atoms with E-state index < -0.39 is 10.8 Å². The Labute approximate surface area is 106 Å². The van der Waals surface area contributed by atoms with E-state index in [4.69, 9.17) is 10.5 Å². The molecule has 4 heteroatoms. The van der Waals surface area contributed by atoms with Crippen molar-refractivity contribution in [1.82, 2.24) is 0 Å². The summed E-state index contributed by atoms with van der Waals surface area (Å²) in [5.74, 6) is 2.62. The third-order valence-corrected chi connectivity index (χ3v) is 3.92. The van der Waals surface area contributed by atoms with Gasteiger partial charge in [-0.3, -0.25) is 4.21 Å². The number of ether oxygens (including phenoxy) is 1. The van der Waals surface area contributed by atoms with Crippen molar-refractivity contribution in [3.05, 3.63) is 29.8 Å². The van der Waals surface area contributed by atoms with Gasteiger partial charge in [0.25, 0.3) is 0 Å². The summed E-state index contributed by atoms with van der Waals surface area (Å²) in [6.07, 6.45) is 0. The Morgan fingerprint density at radius 3 is 2.47 bits per heavy atom. The predicted molar refractivity (Wildman–Crippen MR) is 72.5 cm³/mol. The van der Waals surface area contributed by atoms with E-state index in [2.05, 4.69) is 13.8 Å². The number of hydrogen-bond donors (Lipinski definition) is 1. The molecule has 17 heavy (non-hydrogen) atoms. The molecule has 0 saturated heterocycles. The van der Waals surface area contributed by atoms with Crippen LogP contribution in [0.15, 0.2) is 24.3 Å². The molecular weight excluding hydrogens is 234 g/mol. The van der Waals surface area contributed by atoms with Crippen LogP contribution in [0.1, 0.15) is 19.4 Å². The van der Waals surface area contributed by atoms with Crippen molar-refractivity contribution < 1.29 is 8.95 Å². The number of hydrogen-bond acceptors (Lipinski definition) is 3. The lowest BCUT2D eigenvalue weighted by Gasteiger charge is -2.08. The van der Waals surface area contributed by atoms with Gasteiger partial charge < -0.3 is 10.5 Å². The summed E-state index contributed by atoms with van der Waals surface area (Å²) in [4.78, 5) is 0. The molecule has 0 aromatic heterocycles. The molecule has 1 unspecified atom stereocenters. The highest BCUT2D eigenvalue weighted by Crippen LogP contribution is 2.11. The van der Waals surface area contributed by atoms with Gasteiger partial charge in [-0.25, -0.2) is 0 Å². The zero-order valence-corrected chi connectivity index (χ0v) is 11.3. The van der Waals surface area contributed by atoms with Crippen LogP contribution in [-0.4, -0.2) is 22.3 Å². The molecule has 0 heterocycles. The van der Waals surface area contributed by atoms with Crippen LogP contribution in [-0.2, 0) is 17.3 Å². The molecule has 2 N–H and O–H groups in total. The molecule has 1 aromatic rings. The second-order valence-corrected chi connectivity index (χ2v) is 6.02. The summed E-state index contributed by atoms with van der Waals surface area (Å²) in [5, 5.41) is 0. The number of benzene rings is 1. The number of rotatable bonds is 7. The molecule has 1 rings (SSSR count). The van der Waals surface area contributed by atoms with E-state index in [1.54, 1.807) is 0 Å². The average Bonchev–Trinajstić information content (AvgIpc) is 2.29. The van der Waals surface area contributed by atoms with Crippen LogP contribution in [0.2, 0.25) is 0 Å². The topological polar surface area (TPSA) is 52.3 Å². The fraction of sp³-hybridized carbons (Fsp3) is 0.538. The van der Waals surface area contributed by atoms with Crippen molar-refractivity contribution >= 4 is 10.8 Å². The van der Waals surface area contributed by atoms with Gasteiger partial charge in [0.1, 0.15) is 5.75 Å². The Bertz CT molecular complexity index is 349. The van der Waals surface area contributed by atoms with E-state index in [0.29, 0.717) is 24.8 Å². The molecule has 0 spiro atoms. The third kappa shape index (κ3) is 5.84. The first kappa shape index (κ1) is 14.2. The van der Waals surface area contributed by atoms with Gasteiger partial charge in [-0.15, -0.1) is 0 Å². The Kier molecular flexibility index (Phi) is 6.22. The molecule has 1 aromatic carbocycles. The second kappa shape index (κ2) is 7.45. The van der Waals surface area contributed by atoms with Crippen LogP contribution in [0.3, 0.4) is 0 Å². The highest BCUT2D eigenvalue weighted by Gasteiger charge is 2.03. The van der Waals surface area contributed by atoms with Crippen LogP contribution in [0.5, 0.6) is 5.75 Å². The molecular formula is C13H21NO2S. The molecule has 0 aliphatic rings. The van der Waals surface area contributed by atoms with Crippen molar-refractivity contribution in [3.8, 4) is 5.75 Å². The van der Waals surface area contributed by atoms with E-state index in [-0.39, 0.29) is 0 Å². The third-order valence-electron chi connectivity index (χ3n) is 2.26. The van der Waals surface area contributed by atoms with E-state index in [9.17, 15) is 4.21 Å². The lowest BCUT2D eigenvalue weighted by molar-refractivity contribution is 0.342. The van der Waals surface area contributed by atoms with Gasteiger partial charge >= 0.3 is 0 Å². The van der Waals surface area contributed by atoms with Crippen LogP contribution in [0.25, 0.3) is 0 Å². The molecule has 0 saturated carbocycles. The Morgan fingerprint density at radius 1 is 1.29 bits per heavy atom. The molecule has 3 nitrogen and oxygen atoms in total. The Hall–Kier alpha value is -0.870. The lowest BCUT2D eigenvalue weighted by Crippen LogP contribution is -2.13. The van der Waals surface area contributed by atoms with E-state index >= 15 is 0 Å². The fourth-order valence-corrected chi connectivity index (χ4v) is 2.61. The molecule has 0 amide bonds. The van der Waals surface area contributed by atoms with E-state index in [1.807, 2.05) is 24.3 Å². The maximum Gasteiger partial charge on any atom is 0.119 e. The van der Waals surface area contributed by atoms with Gasteiger partial charge in [0.2, 0.25) is 0 Å². The largest absolute Gasteiger partial charge is 0.493 e. The highest BCUT2D eigenvalue weighted by atomic mass is 32.2. The second-order valence-electron chi connectivity index (χ2n) is 4.40. The molecule has 0 fully saturated rings. The summed E-state index contributed by atoms with van der Waals surface area (Å²) < 4.78 is 17.1. The monoisotopic (exact) mass is 255 g/mol. The molecule has 0 bridgehead atoms. The summed E-state index contributed by atoms with van der Waals surface area (Å²) >= 11 is 0. The van der Waals surface area contributed by atoms with E-state index in [0.717, 1.165) is 17.1 Å². The Balaban J connectivity index is 2.28. The maximum atomic E-state index is 11.6. The van der Waals surface area contributed by atoms with E-state index in [1.165, 1.54) is 0 Å². The minimum atomic E-state index is -0.775. The molecule has 0 aliphatic heterocycles. The van der Waals surface area contributed by atoms with Crippen LogP contribution >= 0.6 is 0 Å². The maximum absolute atomic E-state index is 11.6. The summed E-state index contributed by atoms with van der Waals surface area (Å²) in [6, 6.07) is 7.68. The fourth-order valence-electron chi connectivity index (χ4n) is 1.43. The molecule has 0 aliphatic carbocycles. The van der Waals surface area contributed by atoms with Gasteiger partial charge in [0.05, 0.1) is 12.4 Å². The standard InChI is InChI=1S/C13H21NO2S/c1-11(2)10-17(15)8-7-16-13-5-3-12(9-14)4-6-13/h3-6,11H,7-10,14H2,1-2H3. The van der Waals surface area contributed by atoms with Crippen LogP contribution in [0, 0.1) is 5.92 Å². The first-order valence-corrected chi connectivity index (χ1v) is 7.37. The lowest BCUT2D eigenvalue weighted by atomic mass is 10.2. The summed E-state index contributed by atoms with van der Waals surface area (Å²) in [5.41, 5.74) is 6.59. The van der Waals surface area contributed by atoms with Gasteiger partial charge in [0.15, 0.2) is 0 Å². The molecule has 1 atom stereocenters. The van der Waals surface area contributed by atoms with Crippen molar-refractivity contribution in [2.24, 2.45) is 11.7 Å². The predicted octanol–water partition coefficient (Wildman–Crippen LogP) is 1.93. The van der Waals surface area contributed by atoms with Gasteiger partial charge in [-0.05, 0) is 23.6 Å². The SMILES string of the molecule is CC(C)CS(=O)CCOc1ccc(CN)cc1. The first-order valence-electron chi connectivity index (χ1n) is 5.88. The highest BCUT2D eigenvalue weighted by molar-refractivity contribution is 7.85. The summed E-state index contributed by atoms with van der Waals surface area (Å²) in [6.45, 7) is 5.19. The number of nitrogens with two attached hydrogens (primary N) is 1. The van der Waals surface area contributed by atoms with Gasteiger partial charge in [0, 0.05) is 23.1 Å². The van der Waals surface area contributed by atoms with Crippen molar-refractivity contribution in [2.45, 2.75) is 20.4 Å². The molecule has 0 radical (unpaired) electrons. The smallest absolute Gasteiger partial charge is 0.119 e. The summed E-state index contributed by atoms with van der Waals surface area (Å²) in [7, 11) is -0.775. The van der Waals surface area contributed by atoms with Crippen LogP contribution < -0.4 is 10.5 Å². The molecule has 96 valence electrons. The van der Waals surface area contributed by atoms with Crippen molar-refractivity contribution in [3.63, 3.8) is 0 Å². The minimum absolute atomic E-state index is 0.472. The van der Waals surface area contributed by atoms with Crippen molar-refractivity contribution in [1.29, 1.82) is 0 Å². The average molecular weight is 255 g/mol. The van der Waals surface area contributed by atoms with Crippen LogP contribution in [0.4, 0.5) is 0 Å². The zero-order chi connectivity index (χ0) is 12.7. The van der Waals surface area contributed by atoms with Gasteiger partial charge in [-0.2, -0.15) is 0 Å². The first-order chi connectivity index (χ1) is 8.11. The Morgan fingerprint density at radius 2 is 1.94 bits per heavy atom. The van der Waals surface area contributed by atoms with Gasteiger partial charge in [-0.1, -0.05) is 26.0 Å². The quantitative estimate of drug-likeness (QED) is 0.810.